The second-order valence-electron chi connectivity index (χ2n) is 4.48. The zero-order valence-electron chi connectivity index (χ0n) is 11.1. The van der Waals surface area contributed by atoms with E-state index in [2.05, 4.69) is 10.4 Å². The number of aryl methyl sites for hydroxylation is 1. The van der Waals surface area contributed by atoms with E-state index < -0.39 is 0 Å². The van der Waals surface area contributed by atoms with Crippen LogP contribution in [0.1, 0.15) is 34.6 Å². The molecule has 1 heterocycles. The molecule has 100 valence electrons. The lowest BCUT2D eigenvalue weighted by atomic mass is 10.1. The van der Waals surface area contributed by atoms with Crippen molar-refractivity contribution in [3.8, 4) is 0 Å². The van der Waals surface area contributed by atoms with Crippen molar-refractivity contribution >= 4 is 17.5 Å². The summed E-state index contributed by atoms with van der Waals surface area (Å²) in [6, 6.07) is 6.89. The molecule has 4 nitrogen and oxygen atoms in total. The van der Waals surface area contributed by atoms with Crippen molar-refractivity contribution in [2.75, 3.05) is 0 Å². The lowest BCUT2D eigenvalue weighted by Gasteiger charge is -2.14. The fourth-order valence-corrected chi connectivity index (χ4v) is 2.16. The smallest absolute Gasteiger partial charge is 0.253 e. The van der Waals surface area contributed by atoms with E-state index in [4.69, 9.17) is 11.6 Å². The molecule has 1 amide bonds. The SMILES string of the molecule is Cc1c(C(C)NC(=O)c2ccccc2Cl)cnn1C. The van der Waals surface area contributed by atoms with Crippen LogP contribution in [0.3, 0.4) is 0 Å². The molecule has 19 heavy (non-hydrogen) atoms. The number of rotatable bonds is 3. The monoisotopic (exact) mass is 277 g/mol. The Morgan fingerprint density at radius 1 is 1.42 bits per heavy atom. The number of benzene rings is 1. The molecule has 0 spiro atoms. The highest BCUT2D eigenvalue weighted by Gasteiger charge is 2.16. The van der Waals surface area contributed by atoms with Crippen LogP contribution >= 0.6 is 11.6 Å². The Morgan fingerprint density at radius 2 is 2.11 bits per heavy atom. The molecule has 0 saturated carbocycles. The molecule has 0 fully saturated rings. The predicted molar refractivity (Wildman–Crippen MR) is 75.3 cm³/mol. The first kappa shape index (κ1) is 13.6. The van der Waals surface area contributed by atoms with Crippen LogP contribution in [0.5, 0.6) is 0 Å². The number of halogens is 1. The Labute approximate surface area is 117 Å². The molecule has 1 N–H and O–H groups in total. The highest BCUT2D eigenvalue weighted by molar-refractivity contribution is 6.33. The standard InChI is InChI=1S/C14H16ClN3O/c1-9(12-8-16-18(3)10(12)2)17-14(19)11-6-4-5-7-13(11)15/h4-9H,1-3H3,(H,17,19). The van der Waals surface area contributed by atoms with E-state index in [0.717, 1.165) is 11.3 Å². The lowest BCUT2D eigenvalue weighted by molar-refractivity contribution is 0.0940. The molecular formula is C14H16ClN3O. The van der Waals surface area contributed by atoms with Crippen LogP contribution in [0.2, 0.25) is 5.02 Å². The third-order valence-electron chi connectivity index (χ3n) is 3.21. The fraction of sp³-hybridized carbons (Fsp3) is 0.286. The fourth-order valence-electron chi connectivity index (χ4n) is 1.94. The van der Waals surface area contributed by atoms with E-state index >= 15 is 0 Å². The molecule has 1 atom stereocenters. The van der Waals surface area contributed by atoms with Crippen LogP contribution < -0.4 is 5.32 Å². The van der Waals surface area contributed by atoms with Gasteiger partial charge in [-0.25, -0.2) is 0 Å². The zero-order chi connectivity index (χ0) is 14.0. The van der Waals surface area contributed by atoms with Crippen LogP contribution in [-0.4, -0.2) is 15.7 Å². The summed E-state index contributed by atoms with van der Waals surface area (Å²) in [4.78, 5) is 12.1. The van der Waals surface area contributed by atoms with Crippen molar-refractivity contribution in [3.63, 3.8) is 0 Å². The van der Waals surface area contributed by atoms with Crippen molar-refractivity contribution in [2.45, 2.75) is 19.9 Å². The van der Waals surface area contributed by atoms with E-state index in [1.165, 1.54) is 0 Å². The normalized spacial score (nSPS) is 12.2. The summed E-state index contributed by atoms with van der Waals surface area (Å²) >= 11 is 6.01. The third kappa shape index (κ3) is 2.79. The molecule has 0 aliphatic carbocycles. The first-order valence-corrected chi connectivity index (χ1v) is 6.42. The van der Waals surface area contributed by atoms with Crippen LogP contribution in [0.15, 0.2) is 30.5 Å². The number of amides is 1. The van der Waals surface area contributed by atoms with Gasteiger partial charge in [-0.3, -0.25) is 9.48 Å². The van der Waals surface area contributed by atoms with Crippen molar-refractivity contribution in [2.24, 2.45) is 7.05 Å². The van der Waals surface area contributed by atoms with Crippen LogP contribution in [-0.2, 0) is 7.05 Å². The molecule has 2 aromatic rings. The molecule has 2 rings (SSSR count). The predicted octanol–water partition coefficient (Wildman–Crippen LogP) is 2.87. The van der Waals surface area contributed by atoms with Gasteiger partial charge in [0.25, 0.3) is 5.91 Å². The molecule has 1 aromatic heterocycles. The van der Waals surface area contributed by atoms with Gasteiger partial charge in [0.05, 0.1) is 22.8 Å². The molecule has 0 aliphatic rings. The van der Waals surface area contributed by atoms with Crippen LogP contribution in [0.4, 0.5) is 0 Å². The number of hydrogen-bond donors (Lipinski definition) is 1. The third-order valence-corrected chi connectivity index (χ3v) is 3.54. The molecule has 1 aromatic carbocycles. The average Bonchev–Trinajstić information content (AvgIpc) is 2.70. The van der Waals surface area contributed by atoms with Crippen molar-refractivity contribution in [1.82, 2.24) is 15.1 Å². The maximum absolute atomic E-state index is 12.1. The van der Waals surface area contributed by atoms with Gasteiger partial charge in [-0.1, -0.05) is 23.7 Å². The Kier molecular flexibility index (Phi) is 3.90. The van der Waals surface area contributed by atoms with Crippen molar-refractivity contribution < 1.29 is 4.79 Å². The van der Waals surface area contributed by atoms with Crippen LogP contribution in [0, 0.1) is 6.92 Å². The van der Waals surface area contributed by atoms with Gasteiger partial charge < -0.3 is 5.32 Å². The summed E-state index contributed by atoms with van der Waals surface area (Å²) in [6.45, 7) is 3.90. The van der Waals surface area contributed by atoms with Gasteiger partial charge in [0.1, 0.15) is 0 Å². The highest BCUT2D eigenvalue weighted by Crippen LogP contribution is 2.19. The van der Waals surface area contributed by atoms with E-state index in [0.29, 0.717) is 10.6 Å². The topological polar surface area (TPSA) is 46.9 Å². The zero-order valence-corrected chi connectivity index (χ0v) is 11.9. The summed E-state index contributed by atoms with van der Waals surface area (Å²) in [5, 5.41) is 7.56. The van der Waals surface area contributed by atoms with Gasteiger partial charge in [-0.05, 0) is 26.0 Å². The van der Waals surface area contributed by atoms with Gasteiger partial charge in [0.2, 0.25) is 0 Å². The number of aromatic nitrogens is 2. The molecule has 0 aliphatic heterocycles. The molecule has 0 radical (unpaired) electrons. The molecule has 0 saturated heterocycles. The number of hydrogen-bond acceptors (Lipinski definition) is 2. The molecule has 0 bridgehead atoms. The lowest BCUT2D eigenvalue weighted by Crippen LogP contribution is -2.27. The minimum Gasteiger partial charge on any atom is -0.345 e. The van der Waals surface area contributed by atoms with Gasteiger partial charge >= 0.3 is 0 Å². The Hall–Kier alpha value is -1.81. The van der Waals surface area contributed by atoms with Gasteiger partial charge in [-0.15, -0.1) is 0 Å². The summed E-state index contributed by atoms with van der Waals surface area (Å²) < 4.78 is 1.79. The first-order chi connectivity index (χ1) is 9.00. The Morgan fingerprint density at radius 3 is 2.68 bits per heavy atom. The Balaban J connectivity index is 2.16. The summed E-state index contributed by atoms with van der Waals surface area (Å²) in [6.07, 6.45) is 1.77. The highest BCUT2D eigenvalue weighted by atomic mass is 35.5. The second kappa shape index (κ2) is 5.45. The molecule has 5 heteroatoms. The number of carbonyl (C=O) groups is 1. The van der Waals surface area contributed by atoms with Crippen LogP contribution in [0.25, 0.3) is 0 Å². The van der Waals surface area contributed by atoms with Crippen molar-refractivity contribution in [1.29, 1.82) is 0 Å². The minimum absolute atomic E-state index is 0.113. The largest absolute Gasteiger partial charge is 0.345 e. The maximum Gasteiger partial charge on any atom is 0.253 e. The quantitative estimate of drug-likeness (QED) is 0.938. The van der Waals surface area contributed by atoms with Crippen molar-refractivity contribution in [3.05, 3.63) is 52.3 Å². The van der Waals surface area contributed by atoms with Gasteiger partial charge in [0.15, 0.2) is 0 Å². The molecule has 1 unspecified atom stereocenters. The van der Waals surface area contributed by atoms with E-state index in [9.17, 15) is 4.79 Å². The minimum atomic E-state index is -0.179. The van der Waals surface area contributed by atoms with E-state index in [1.807, 2.05) is 20.9 Å². The van der Waals surface area contributed by atoms with Gasteiger partial charge in [-0.2, -0.15) is 5.10 Å². The van der Waals surface area contributed by atoms with Gasteiger partial charge in [0, 0.05) is 18.3 Å². The maximum atomic E-state index is 12.1. The summed E-state index contributed by atoms with van der Waals surface area (Å²) in [7, 11) is 1.88. The van der Waals surface area contributed by atoms with E-state index in [1.54, 1.807) is 35.1 Å². The number of nitrogens with one attached hydrogen (secondary N) is 1. The Bertz CT molecular complexity index is 606. The van der Waals surface area contributed by atoms with E-state index in [-0.39, 0.29) is 11.9 Å². The number of nitrogens with zero attached hydrogens (tertiary/aromatic N) is 2. The molecular weight excluding hydrogens is 262 g/mol. The average molecular weight is 278 g/mol. The second-order valence-corrected chi connectivity index (χ2v) is 4.89. The summed E-state index contributed by atoms with van der Waals surface area (Å²) in [5.41, 5.74) is 2.52. The number of carbonyl (C=O) groups excluding carboxylic acids is 1. The first-order valence-electron chi connectivity index (χ1n) is 6.04. The summed E-state index contributed by atoms with van der Waals surface area (Å²) in [5.74, 6) is -0.179.